The van der Waals surface area contributed by atoms with Gasteiger partial charge in [0.05, 0.1) is 0 Å². The second-order valence-corrected chi connectivity index (χ2v) is 6.26. The molecule has 1 aliphatic rings. The van der Waals surface area contributed by atoms with E-state index in [-0.39, 0.29) is 0 Å². The molecule has 0 spiro atoms. The number of rotatable bonds is 3. The lowest BCUT2D eigenvalue weighted by atomic mass is 9.79. The fourth-order valence-corrected chi connectivity index (χ4v) is 3.26. The Bertz CT molecular complexity index is 396. The second-order valence-electron chi connectivity index (χ2n) is 6.26. The summed E-state index contributed by atoms with van der Waals surface area (Å²) < 4.78 is 5.63. The predicted molar refractivity (Wildman–Crippen MR) is 75.7 cm³/mol. The van der Waals surface area contributed by atoms with Crippen LogP contribution in [0.5, 0.6) is 0 Å². The van der Waals surface area contributed by atoms with Crippen molar-refractivity contribution < 1.29 is 4.42 Å². The molecule has 2 rings (SSSR count). The summed E-state index contributed by atoms with van der Waals surface area (Å²) in [6.45, 7) is 11.1. The molecular formula is C16H27NO. The smallest absolute Gasteiger partial charge is 0.105 e. The third-order valence-electron chi connectivity index (χ3n) is 4.47. The number of nitrogens with one attached hydrogen (secondary N) is 1. The summed E-state index contributed by atoms with van der Waals surface area (Å²) in [7, 11) is 0. The van der Waals surface area contributed by atoms with Crippen LogP contribution in [-0.2, 0) is 0 Å². The van der Waals surface area contributed by atoms with Crippen LogP contribution in [0.4, 0.5) is 0 Å². The van der Waals surface area contributed by atoms with Gasteiger partial charge in [-0.15, -0.1) is 0 Å². The van der Waals surface area contributed by atoms with Gasteiger partial charge >= 0.3 is 0 Å². The van der Waals surface area contributed by atoms with Gasteiger partial charge in [-0.3, -0.25) is 0 Å². The maximum absolute atomic E-state index is 5.63. The molecule has 0 radical (unpaired) electrons. The first-order valence-electron chi connectivity index (χ1n) is 7.30. The molecule has 1 fully saturated rings. The van der Waals surface area contributed by atoms with E-state index in [1.54, 1.807) is 0 Å². The summed E-state index contributed by atoms with van der Waals surface area (Å²) >= 11 is 0. The molecule has 0 aromatic carbocycles. The van der Waals surface area contributed by atoms with Gasteiger partial charge in [-0.25, -0.2) is 0 Å². The largest absolute Gasteiger partial charge is 0.466 e. The lowest BCUT2D eigenvalue weighted by Gasteiger charge is -2.35. The average molecular weight is 249 g/mol. The molecule has 1 aromatic heterocycles. The van der Waals surface area contributed by atoms with E-state index in [4.69, 9.17) is 4.42 Å². The summed E-state index contributed by atoms with van der Waals surface area (Å²) in [6.07, 6.45) is 4.05. The first-order valence-corrected chi connectivity index (χ1v) is 7.30. The summed E-state index contributed by atoms with van der Waals surface area (Å²) in [4.78, 5) is 0. The number of aryl methyl sites for hydroxylation is 2. The first kappa shape index (κ1) is 13.7. The molecule has 4 unspecified atom stereocenters. The van der Waals surface area contributed by atoms with Crippen LogP contribution in [0.15, 0.2) is 10.5 Å². The minimum Gasteiger partial charge on any atom is -0.466 e. The highest BCUT2D eigenvalue weighted by Gasteiger charge is 2.27. The molecule has 1 N–H and O–H groups in total. The minimum atomic E-state index is 0.389. The number of hydrogen-bond acceptors (Lipinski definition) is 2. The topological polar surface area (TPSA) is 25.2 Å². The third-order valence-corrected chi connectivity index (χ3v) is 4.47. The summed E-state index contributed by atoms with van der Waals surface area (Å²) in [5.74, 6) is 3.72. The number of hydrogen-bond donors (Lipinski definition) is 1. The molecule has 1 aliphatic carbocycles. The van der Waals surface area contributed by atoms with Gasteiger partial charge in [0.25, 0.3) is 0 Å². The molecule has 102 valence electrons. The highest BCUT2D eigenvalue weighted by molar-refractivity contribution is 5.23. The van der Waals surface area contributed by atoms with Crippen LogP contribution in [-0.4, -0.2) is 6.04 Å². The van der Waals surface area contributed by atoms with E-state index in [0.29, 0.717) is 12.1 Å². The van der Waals surface area contributed by atoms with Crippen molar-refractivity contribution in [2.45, 2.75) is 66.0 Å². The monoisotopic (exact) mass is 249 g/mol. The van der Waals surface area contributed by atoms with Gasteiger partial charge in [0.2, 0.25) is 0 Å². The van der Waals surface area contributed by atoms with Gasteiger partial charge in [-0.05, 0) is 51.5 Å². The van der Waals surface area contributed by atoms with E-state index in [0.717, 1.165) is 23.4 Å². The standard InChI is InChI=1S/C16H27NO/c1-10-6-7-11(2)16(8-10)17-13(4)15-9-12(3)18-14(15)5/h9-11,13,16-17H,6-8H2,1-5H3. The van der Waals surface area contributed by atoms with Crippen molar-refractivity contribution >= 4 is 0 Å². The van der Waals surface area contributed by atoms with Gasteiger partial charge in [0.15, 0.2) is 0 Å². The number of furan rings is 1. The first-order chi connectivity index (χ1) is 8.47. The Labute approximate surface area is 111 Å². The van der Waals surface area contributed by atoms with E-state index < -0.39 is 0 Å². The van der Waals surface area contributed by atoms with Gasteiger partial charge in [0, 0.05) is 17.6 Å². The summed E-state index contributed by atoms with van der Waals surface area (Å²) in [5, 5.41) is 3.81. The average Bonchev–Trinajstić information content (AvgIpc) is 2.63. The lowest BCUT2D eigenvalue weighted by Crippen LogP contribution is -2.40. The van der Waals surface area contributed by atoms with Crippen molar-refractivity contribution in [3.63, 3.8) is 0 Å². The van der Waals surface area contributed by atoms with E-state index >= 15 is 0 Å². The highest BCUT2D eigenvalue weighted by Crippen LogP contribution is 2.31. The maximum atomic E-state index is 5.63. The zero-order chi connectivity index (χ0) is 13.3. The molecule has 0 bridgehead atoms. The molecule has 2 heteroatoms. The van der Waals surface area contributed by atoms with Crippen LogP contribution in [0.2, 0.25) is 0 Å². The van der Waals surface area contributed by atoms with Crippen molar-refractivity contribution in [2.24, 2.45) is 11.8 Å². The Morgan fingerprint density at radius 3 is 2.61 bits per heavy atom. The zero-order valence-corrected chi connectivity index (χ0v) is 12.4. The Kier molecular flexibility index (Phi) is 4.16. The fraction of sp³-hybridized carbons (Fsp3) is 0.750. The van der Waals surface area contributed by atoms with Gasteiger partial charge < -0.3 is 9.73 Å². The molecule has 2 nitrogen and oxygen atoms in total. The Hall–Kier alpha value is -0.760. The fourth-order valence-electron chi connectivity index (χ4n) is 3.26. The highest BCUT2D eigenvalue weighted by atomic mass is 16.3. The molecule has 0 aliphatic heterocycles. The van der Waals surface area contributed by atoms with E-state index in [9.17, 15) is 0 Å². The molecular weight excluding hydrogens is 222 g/mol. The van der Waals surface area contributed by atoms with Crippen LogP contribution in [0.1, 0.15) is 63.2 Å². The van der Waals surface area contributed by atoms with Crippen LogP contribution >= 0.6 is 0 Å². The Balaban J connectivity index is 2.02. The zero-order valence-electron chi connectivity index (χ0n) is 12.4. The SMILES string of the molecule is Cc1cc(C(C)NC2CC(C)CCC2C)c(C)o1. The third kappa shape index (κ3) is 2.97. The van der Waals surface area contributed by atoms with Gasteiger partial charge in [0.1, 0.15) is 11.5 Å². The van der Waals surface area contributed by atoms with Crippen molar-refractivity contribution in [1.82, 2.24) is 5.32 Å². The lowest BCUT2D eigenvalue weighted by molar-refractivity contribution is 0.216. The van der Waals surface area contributed by atoms with Gasteiger partial charge in [-0.2, -0.15) is 0 Å². The van der Waals surface area contributed by atoms with Crippen molar-refractivity contribution in [3.8, 4) is 0 Å². The van der Waals surface area contributed by atoms with Crippen molar-refractivity contribution in [3.05, 3.63) is 23.2 Å². The van der Waals surface area contributed by atoms with E-state index in [1.807, 2.05) is 6.92 Å². The molecule has 4 atom stereocenters. The minimum absolute atomic E-state index is 0.389. The van der Waals surface area contributed by atoms with Crippen LogP contribution in [0.25, 0.3) is 0 Å². The molecule has 1 aromatic rings. The summed E-state index contributed by atoms with van der Waals surface area (Å²) in [5.41, 5.74) is 1.32. The van der Waals surface area contributed by atoms with Crippen molar-refractivity contribution in [2.75, 3.05) is 0 Å². The predicted octanol–water partition coefficient (Wildman–Crippen LogP) is 4.37. The van der Waals surface area contributed by atoms with Crippen LogP contribution < -0.4 is 5.32 Å². The summed E-state index contributed by atoms with van der Waals surface area (Å²) in [6, 6.07) is 3.21. The molecule has 0 saturated heterocycles. The Morgan fingerprint density at radius 1 is 1.28 bits per heavy atom. The molecule has 1 saturated carbocycles. The molecule has 1 heterocycles. The quantitative estimate of drug-likeness (QED) is 0.860. The normalized spacial score (nSPS) is 30.4. The van der Waals surface area contributed by atoms with Crippen LogP contribution in [0, 0.1) is 25.7 Å². The van der Waals surface area contributed by atoms with Crippen LogP contribution in [0.3, 0.4) is 0 Å². The maximum Gasteiger partial charge on any atom is 0.105 e. The Morgan fingerprint density at radius 2 is 2.00 bits per heavy atom. The van der Waals surface area contributed by atoms with E-state index in [2.05, 4.69) is 39.1 Å². The van der Waals surface area contributed by atoms with Gasteiger partial charge in [-0.1, -0.05) is 20.3 Å². The molecule has 0 amide bonds. The second kappa shape index (κ2) is 5.48. The van der Waals surface area contributed by atoms with Crippen molar-refractivity contribution in [1.29, 1.82) is 0 Å². The molecule has 18 heavy (non-hydrogen) atoms. The van der Waals surface area contributed by atoms with E-state index in [1.165, 1.54) is 24.8 Å².